The molecule has 1 aromatic heterocycles. The van der Waals surface area contributed by atoms with Gasteiger partial charge in [0.05, 0.1) is 19.3 Å². The van der Waals surface area contributed by atoms with Gasteiger partial charge in [-0.1, -0.05) is 17.3 Å². The Labute approximate surface area is 155 Å². The van der Waals surface area contributed by atoms with Crippen molar-refractivity contribution in [2.75, 3.05) is 33.8 Å². The van der Waals surface area contributed by atoms with Crippen LogP contribution >= 0.6 is 12.4 Å². The number of hydrogen-bond donors (Lipinski definition) is 0. The van der Waals surface area contributed by atoms with Crippen LogP contribution in [0.3, 0.4) is 0 Å². The molecule has 3 heterocycles. The van der Waals surface area contributed by atoms with Gasteiger partial charge in [0.15, 0.2) is 5.76 Å². The summed E-state index contributed by atoms with van der Waals surface area (Å²) >= 11 is 0. The zero-order valence-corrected chi connectivity index (χ0v) is 15.8. The molecule has 2 saturated heterocycles. The fourth-order valence-electron chi connectivity index (χ4n) is 4.49. The Hall–Kier alpha value is -1.56. The number of aryl methyl sites for hydroxylation is 1. The summed E-state index contributed by atoms with van der Waals surface area (Å²) < 4.78 is 10.7. The number of halogens is 1. The van der Waals surface area contributed by atoms with E-state index in [4.69, 9.17) is 9.26 Å². The SMILES string of the molecule is COc1ccc([C@@H]2[C@@H]3CN(Cc4cc(C)no4)C[C@@H]3CN2C)cc1.Cl. The topological polar surface area (TPSA) is 41.7 Å². The van der Waals surface area contributed by atoms with E-state index < -0.39 is 0 Å². The van der Waals surface area contributed by atoms with Crippen LogP contribution in [-0.2, 0) is 6.54 Å². The van der Waals surface area contributed by atoms with Gasteiger partial charge >= 0.3 is 0 Å². The fourth-order valence-corrected chi connectivity index (χ4v) is 4.49. The zero-order chi connectivity index (χ0) is 16.7. The third-order valence-corrected chi connectivity index (χ3v) is 5.48. The van der Waals surface area contributed by atoms with E-state index in [9.17, 15) is 0 Å². The number of benzene rings is 1. The summed E-state index contributed by atoms with van der Waals surface area (Å²) in [6.45, 7) is 6.26. The van der Waals surface area contributed by atoms with E-state index in [0.29, 0.717) is 12.0 Å². The molecule has 0 amide bonds. The Morgan fingerprint density at radius 3 is 2.60 bits per heavy atom. The lowest BCUT2D eigenvalue weighted by atomic mass is 9.89. The van der Waals surface area contributed by atoms with Crippen molar-refractivity contribution in [1.29, 1.82) is 0 Å². The fraction of sp³-hybridized carbons (Fsp3) is 0.526. The molecule has 1 aromatic carbocycles. The van der Waals surface area contributed by atoms with E-state index in [2.05, 4.69) is 46.3 Å². The first kappa shape index (κ1) is 18.2. The second-order valence-electron chi connectivity index (χ2n) is 7.21. The first-order valence-corrected chi connectivity index (χ1v) is 8.63. The molecule has 0 N–H and O–H groups in total. The van der Waals surface area contributed by atoms with E-state index in [1.165, 1.54) is 5.56 Å². The van der Waals surface area contributed by atoms with Crippen LogP contribution in [0.25, 0.3) is 0 Å². The minimum Gasteiger partial charge on any atom is -0.497 e. The number of hydrogen-bond acceptors (Lipinski definition) is 5. The maximum Gasteiger partial charge on any atom is 0.150 e. The maximum atomic E-state index is 5.39. The number of methoxy groups -OCH3 is 1. The number of fused-ring (bicyclic) bond motifs is 1. The summed E-state index contributed by atoms with van der Waals surface area (Å²) in [4.78, 5) is 5.02. The van der Waals surface area contributed by atoms with Gasteiger partial charge in [0.2, 0.25) is 0 Å². The van der Waals surface area contributed by atoms with Crippen LogP contribution in [-0.4, -0.2) is 48.7 Å². The normalized spacial score (nSPS) is 26.4. The third kappa shape index (κ3) is 3.54. The van der Waals surface area contributed by atoms with Crippen molar-refractivity contribution in [3.05, 3.63) is 47.3 Å². The van der Waals surface area contributed by atoms with Gasteiger partial charge in [-0.15, -0.1) is 12.4 Å². The summed E-state index contributed by atoms with van der Waals surface area (Å²) in [5.74, 6) is 3.30. The molecule has 0 bridgehead atoms. The van der Waals surface area contributed by atoms with E-state index in [1.807, 2.05) is 13.0 Å². The third-order valence-electron chi connectivity index (χ3n) is 5.48. The predicted octanol–water partition coefficient (Wildman–Crippen LogP) is 3.15. The van der Waals surface area contributed by atoms with Gasteiger partial charge in [0.1, 0.15) is 5.75 Å². The van der Waals surface area contributed by atoms with E-state index >= 15 is 0 Å². The minimum absolute atomic E-state index is 0. The molecule has 2 aliphatic heterocycles. The van der Waals surface area contributed by atoms with Crippen LogP contribution < -0.4 is 4.74 Å². The Morgan fingerprint density at radius 2 is 1.96 bits per heavy atom. The zero-order valence-electron chi connectivity index (χ0n) is 15.0. The van der Waals surface area contributed by atoms with Crippen LogP contribution in [0.2, 0.25) is 0 Å². The number of aromatic nitrogens is 1. The molecule has 0 unspecified atom stereocenters. The van der Waals surface area contributed by atoms with Crippen molar-refractivity contribution in [2.45, 2.75) is 19.5 Å². The van der Waals surface area contributed by atoms with Gasteiger partial charge in [-0.3, -0.25) is 9.80 Å². The Morgan fingerprint density at radius 1 is 1.20 bits per heavy atom. The van der Waals surface area contributed by atoms with Crippen LogP contribution in [0.1, 0.15) is 23.1 Å². The molecule has 0 saturated carbocycles. The van der Waals surface area contributed by atoms with Crippen LogP contribution in [0.5, 0.6) is 5.75 Å². The van der Waals surface area contributed by atoms with Crippen LogP contribution in [0.15, 0.2) is 34.9 Å². The maximum absolute atomic E-state index is 5.39. The van der Waals surface area contributed by atoms with Crippen molar-refractivity contribution in [2.24, 2.45) is 11.8 Å². The number of ether oxygens (including phenoxy) is 1. The molecule has 4 rings (SSSR count). The van der Waals surface area contributed by atoms with E-state index in [-0.39, 0.29) is 12.4 Å². The highest BCUT2D eigenvalue weighted by Crippen LogP contribution is 2.44. The first-order chi connectivity index (χ1) is 11.6. The highest BCUT2D eigenvalue weighted by molar-refractivity contribution is 5.85. The first-order valence-electron chi connectivity index (χ1n) is 8.63. The molecule has 0 spiro atoms. The quantitative estimate of drug-likeness (QED) is 0.834. The van der Waals surface area contributed by atoms with Crippen molar-refractivity contribution < 1.29 is 9.26 Å². The van der Waals surface area contributed by atoms with Gasteiger partial charge in [-0.25, -0.2) is 0 Å². The monoisotopic (exact) mass is 363 g/mol. The molecule has 2 fully saturated rings. The van der Waals surface area contributed by atoms with E-state index in [0.717, 1.165) is 49.3 Å². The molecular formula is C19H26ClN3O2. The lowest BCUT2D eigenvalue weighted by Gasteiger charge is -2.26. The lowest BCUT2D eigenvalue weighted by molar-refractivity contribution is 0.210. The van der Waals surface area contributed by atoms with Crippen molar-refractivity contribution in [3.63, 3.8) is 0 Å². The summed E-state index contributed by atoms with van der Waals surface area (Å²) in [5, 5.41) is 4.00. The molecular weight excluding hydrogens is 338 g/mol. The number of nitrogens with zero attached hydrogens (tertiary/aromatic N) is 3. The smallest absolute Gasteiger partial charge is 0.150 e. The number of rotatable bonds is 4. The van der Waals surface area contributed by atoms with Gasteiger partial charge in [-0.2, -0.15) is 0 Å². The largest absolute Gasteiger partial charge is 0.497 e. The van der Waals surface area contributed by atoms with Crippen LogP contribution in [0.4, 0.5) is 0 Å². The second kappa shape index (κ2) is 7.36. The summed E-state index contributed by atoms with van der Waals surface area (Å²) in [5.41, 5.74) is 2.35. The van der Waals surface area contributed by atoms with Gasteiger partial charge in [0.25, 0.3) is 0 Å². The molecule has 6 heteroatoms. The Balaban J connectivity index is 0.00000182. The van der Waals surface area contributed by atoms with Crippen LogP contribution in [0, 0.1) is 18.8 Å². The summed E-state index contributed by atoms with van der Waals surface area (Å²) in [6, 6.07) is 11.1. The second-order valence-corrected chi connectivity index (χ2v) is 7.21. The molecule has 2 aromatic rings. The molecule has 136 valence electrons. The molecule has 25 heavy (non-hydrogen) atoms. The molecule has 2 aliphatic rings. The Bertz CT molecular complexity index is 703. The van der Waals surface area contributed by atoms with Crippen molar-refractivity contribution >= 4 is 12.4 Å². The molecule has 0 radical (unpaired) electrons. The minimum atomic E-state index is 0. The molecule has 0 aliphatic carbocycles. The summed E-state index contributed by atoms with van der Waals surface area (Å²) in [7, 11) is 3.96. The molecule has 5 nitrogen and oxygen atoms in total. The Kier molecular flexibility index (Phi) is 5.37. The highest BCUT2D eigenvalue weighted by Gasteiger charge is 2.46. The average Bonchev–Trinajstić information content (AvgIpc) is 3.22. The number of likely N-dealkylation sites (tertiary alicyclic amines) is 2. The van der Waals surface area contributed by atoms with E-state index in [1.54, 1.807) is 7.11 Å². The highest BCUT2D eigenvalue weighted by atomic mass is 35.5. The summed E-state index contributed by atoms with van der Waals surface area (Å²) in [6.07, 6.45) is 0. The van der Waals surface area contributed by atoms with Gasteiger partial charge < -0.3 is 9.26 Å². The predicted molar refractivity (Wildman–Crippen MR) is 99.1 cm³/mol. The van der Waals surface area contributed by atoms with Gasteiger partial charge in [0, 0.05) is 31.7 Å². The van der Waals surface area contributed by atoms with Gasteiger partial charge in [-0.05, 0) is 43.5 Å². The lowest BCUT2D eigenvalue weighted by Crippen LogP contribution is -2.28. The molecule has 3 atom stereocenters. The van der Waals surface area contributed by atoms with Crippen molar-refractivity contribution in [1.82, 2.24) is 15.0 Å². The standard InChI is InChI=1S/C19H25N3O2.ClH/c1-13-8-17(24-20-13)11-22-10-15-9-21(2)19(18(15)12-22)14-4-6-16(23-3)7-5-14;/h4-8,15,18-19H,9-12H2,1-3H3;1H/t15-,18+,19+;/m0./s1. The average molecular weight is 364 g/mol. The van der Waals surface area contributed by atoms with Crippen molar-refractivity contribution in [3.8, 4) is 5.75 Å².